The number of fused-ring (bicyclic) bond motifs is 10. The van der Waals surface area contributed by atoms with Crippen LogP contribution in [0.3, 0.4) is 0 Å². The molecule has 1 aliphatic heterocycles. The minimum Gasteiger partial charge on any atom is -0.458 e. The molecule has 0 spiro atoms. The summed E-state index contributed by atoms with van der Waals surface area (Å²) in [5.41, 5.74) is 11.4. The van der Waals surface area contributed by atoms with Gasteiger partial charge in [0.05, 0.1) is 28.7 Å². The van der Waals surface area contributed by atoms with Gasteiger partial charge in [0.1, 0.15) is 17.4 Å². The fraction of sp³-hybridized carbons (Fsp3) is 0.156. The highest BCUT2D eigenvalue weighted by molar-refractivity contribution is 6.10. The van der Waals surface area contributed by atoms with Crippen molar-refractivity contribution in [1.82, 2.24) is 4.57 Å². The number of para-hydroxylation sites is 2. The topological polar surface area (TPSA) is 68.9 Å². The van der Waals surface area contributed by atoms with Crippen LogP contribution in [0.5, 0.6) is 0 Å². The van der Waals surface area contributed by atoms with E-state index in [1.807, 2.05) is 30.3 Å². The Hall–Kier alpha value is -6.30. The van der Waals surface area contributed by atoms with E-state index < -0.39 is 0 Å². The van der Waals surface area contributed by atoms with Gasteiger partial charge in [0.25, 0.3) is 0 Å². The van der Waals surface area contributed by atoms with E-state index in [1.54, 1.807) is 0 Å². The number of allylic oxidation sites excluding steroid dienone is 7. The molecular weight excluding hydrogens is 613 g/mol. The summed E-state index contributed by atoms with van der Waals surface area (Å²) in [5, 5.41) is 23.0. The lowest BCUT2D eigenvalue weighted by atomic mass is 9.84. The van der Waals surface area contributed by atoms with Crippen molar-refractivity contribution < 1.29 is 4.42 Å². The molecule has 238 valence electrons. The quantitative estimate of drug-likeness (QED) is 0.192. The number of hydrogen-bond acceptors (Lipinski definition) is 4. The van der Waals surface area contributed by atoms with E-state index in [0.717, 1.165) is 56.2 Å². The first-order valence-corrected chi connectivity index (χ1v) is 17.4. The zero-order chi connectivity index (χ0) is 33.5. The van der Waals surface area contributed by atoms with Gasteiger partial charge in [-0.05, 0) is 84.5 Å². The molecule has 0 saturated carbocycles. The third-order valence-electron chi connectivity index (χ3n) is 11.0. The van der Waals surface area contributed by atoms with Crippen LogP contribution in [0.25, 0.3) is 44.5 Å². The third kappa shape index (κ3) is 4.11. The summed E-state index contributed by atoms with van der Waals surface area (Å²) >= 11 is 0. The molecule has 4 unspecified atom stereocenters. The minimum absolute atomic E-state index is 0.00303. The summed E-state index contributed by atoms with van der Waals surface area (Å²) in [6.07, 6.45) is 17.4. The first kappa shape index (κ1) is 28.7. The molecule has 0 amide bonds. The van der Waals surface area contributed by atoms with Crippen molar-refractivity contribution in [3.8, 4) is 12.1 Å². The van der Waals surface area contributed by atoms with E-state index in [-0.39, 0.29) is 17.9 Å². The summed E-state index contributed by atoms with van der Waals surface area (Å²) in [4.78, 5) is 2.49. The van der Waals surface area contributed by atoms with E-state index in [1.165, 1.54) is 22.5 Å². The van der Waals surface area contributed by atoms with Crippen LogP contribution in [0, 0.1) is 28.6 Å². The Bertz CT molecular complexity index is 2680. The molecule has 50 heavy (non-hydrogen) atoms. The number of furan rings is 1. The van der Waals surface area contributed by atoms with Gasteiger partial charge in [0, 0.05) is 56.2 Å². The van der Waals surface area contributed by atoms with Crippen LogP contribution >= 0.6 is 0 Å². The van der Waals surface area contributed by atoms with Crippen molar-refractivity contribution >= 4 is 50.2 Å². The molecule has 10 rings (SSSR count). The molecule has 5 heteroatoms. The van der Waals surface area contributed by atoms with Crippen molar-refractivity contribution in [1.29, 1.82) is 10.5 Å². The molecule has 0 saturated heterocycles. The highest BCUT2D eigenvalue weighted by Gasteiger charge is 2.44. The van der Waals surface area contributed by atoms with E-state index in [2.05, 4.69) is 126 Å². The summed E-state index contributed by atoms with van der Waals surface area (Å²) < 4.78 is 9.14. The third-order valence-corrected chi connectivity index (χ3v) is 11.0. The average Bonchev–Trinajstić information content (AvgIpc) is 3.81. The van der Waals surface area contributed by atoms with Gasteiger partial charge in [-0.15, -0.1) is 0 Å². The molecule has 2 aromatic heterocycles. The molecule has 3 heterocycles. The summed E-state index contributed by atoms with van der Waals surface area (Å²) in [6, 6.07) is 34.4. The van der Waals surface area contributed by atoms with E-state index in [9.17, 15) is 10.5 Å². The molecule has 4 aromatic carbocycles. The summed E-state index contributed by atoms with van der Waals surface area (Å²) in [5.74, 6) is 1.69. The maximum Gasteiger partial charge on any atom is 0.136 e. The van der Waals surface area contributed by atoms with Crippen LogP contribution in [-0.4, -0.2) is 4.57 Å². The molecular formula is C45H32N4O. The molecule has 0 fully saturated rings. The Morgan fingerprint density at radius 2 is 1.68 bits per heavy atom. The SMILES string of the molecule is CC1C=C(N2c3ccccc3C3C=Cc4c(oc5ccc(C6CC=C(C#N)C=C6n6c7ccccc7c7cc(C#N)ccc76)cc45)C32)C=CC1. The number of anilines is 1. The lowest BCUT2D eigenvalue weighted by molar-refractivity contribution is 0.473. The molecule has 4 atom stereocenters. The fourth-order valence-electron chi connectivity index (χ4n) is 8.81. The second-order valence-electron chi connectivity index (χ2n) is 13.9. The van der Waals surface area contributed by atoms with Gasteiger partial charge in [0.2, 0.25) is 0 Å². The van der Waals surface area contributed by atoms with E-state index in [0.29, 0.717) is 23.5 Å². The maximum absolute atomic E-state index is 10.0. The maximum atomic E-state index is 10.0. The highest BCUT2D eigenvalue weighted by Crippen LogP contribution is 2.56. The number of benzene rings is 4. The Balaban J connectivity index is 1.12. The lowest BCUT2D eigenvalue weighted by Crippen LogP contribution is -2.27. The predicted octanol–water partition coefficient (Wildman–Crippen LogP) is 11.0. The van der Waals surface area contributed by atoms with Crippen molar-refractivity contribution in [3.63, 3.8) is 0 Å². The number of hydrogen-bond donors (Lipinski definition) is 0. The van der Waals surface area contributed by atoms with Crippen molar-refractivity contribution in [3.05, 3.63) is 161 Å². The van der Waals surface area contributed by atoms with Crippen LogP contribution < -0.4 is 4.90 Å². The lowest BCUT2D eigenvalue weighted by Gasteiger charge is -2.32. The number of nitriles is 2. The van der Waals surface area contributed by atoms with Crippen LogP contribution in [0.15, 0.2) is 137 Å². The summed E-state index contributed by atoms with van der Waals surface area (Å²) in [7, 11) is 0. The van der Waals surface area contributed by atoms with Crippen molar-refractivity contribution in [2.75, 3.05) is 4.90 Å². The number of nitrogens with zero attached hydrogens (tertiary/aromatic N) is 4. The van der Waals surface area contributed by atoms with E-state index in [4.69, 9.17) is 4.42 Å². The Kier molecular flexibility index (Phi) is 6.23. The molecule has 5 nitrogen and oxygen atoms in total. The molecule has 0 bridgehead atoms. The Labute approximate surface area is 290 Å². The van der Waals surface area contributed by atoms with Gasteiger partial charge in [-0.1, -0.05) is 79.8 Å². The van der Waals surface area contributed by atoms with Crippen molar-refractivity contribution in [2.45, 2.75) is 37.6 Å². The average molecular weight is 645 g/mol. The molecule has 0 radical (unpaired) electrons. The van der Waals surface area contributed by atoms with Crippen LogP contribution in [0.1, 0.15) is 65.7 Å². The zero-order valence-corrected chi connectivity index (χ0v) is 27.5. The van der Waals surface area contributed by atoms with Gasteiger partial charge in [-0.2, -0.15) is 10.5 Å². The van der Waals surface area contributed by atoms with E-state index >= 15 is 0 Å². The highest BCUT2D eigenvalue weighted by atomic mass is 16.3. The minimum atomic E-state index is 0.00303. The Morgan fingerprint density at radius 3 is 2.56 bits per heavy atom. The van der Waals surface area contributed by atoms with Crippen molar-refractivity contribution in [2.24, 2.45) is 5.92 Å². The monoisotopic (exact) mass is 644 g/mol. The standard InChI is InChI=1S/C45H32N4O/c1-27-7-6-8-31(21-27)48-39-11-4-2-9-33(39)35-17-18-36-38-24-30(15-20-43(38)50-45(36)44(35)48)32-16-13-29(26-47)23-42(32)49-40-12-5-3-10-34(40)37-22-28(25-46)14-19-41(37)49/h2-6,8-15,17-24,27,32,35,44H,7,16H2,1H3. The fourth-order valence-corrected chi connectivity index (χ4v) is 8.81. The van der Waals surface area contributed by atoms with Crippen LogP contribution in [-0.2, 0) is 0 Å². The molecule has 6 aromatic rings. The normalized spacial score (nSPS) is 22.1. The largest absolute Gasteiger partial charge is 0.458 e. The Morgan fingerprint density at radius 1 is 0.820 bits per heavy atom. The van der Waals surface area contributed by atoms with Gasteiger partial charge in [-0.25, -0.2) is 0 Å². The number of aromatic nitrogens is 1. The zero-order valence-electron chi connectivity index (χ0n) is 27.5. The van der Waals surface area contributed by atoms with Gasteiger partial charge in [-0.3, -0.25) is 0 Å². The van der Waals surface area contributed by atoms with Crippen LogP contribution in [0.2, 0.25) is 0 Å². The first-order valence-electron chi connectivity index (χ1n) is 17.4. The second kappa shape index (κ2) is 10.9. The van der Waals surface area contributed by atoms with Gasteiger partial charge >= 0.3 is 0 Å². The smallest absolute Gasteiger partial charge is 0.136 e. The predicted molar refractivity (Wildman–Crippen MR) is 200 cm³/mol. The molecule has 4 aliphatic rings. The van der Waals surface area contributed by atoms with Gasteiger partial charge in [0.15, 0.2) is 0 Å². The van der Waals surface area contributed by atoms with Gasteiger partial charge < -0.3 is 13.9 Å². The molecule has 3 aliphatic carbocycles. The second-order valence-corrected chi connectivity index (χ2v) is 13.9. The number of rotatable bonds is 3. The summed E-state index contributed by atoms with van der Waals surface area (Å²) in [6.45, 7) is 2.28. The van der Waals surface area contributed by atoms with Crippen LogP contribution in [0.4, 0.5) is 5.69 Å². The first-order chi connectivity index (χ1) is 24.6. The molecule has 0 N–H and O–H groups in total.